The molecule has 0 saturated carbocycles. The average molecular weight is 142 g/mol. The highest BCUT2D eigenvalue weighted by Crippen LogP contribution is 2.15. The first-order valence-electron chi connectivity index (χ1n) is 4.30. The second-order valence-corrected chi connectivity index (χ2v) is 3.23. The summed E-state index contributed by atoms with van der Waals surface area (Å²) in [4.78, 5) is 0. The van der Waals surface area contributed by atoms with Gasteiger partial charge in [-0.05, 0) is 31.8 Å². The van der Waals surface area contributed by atoms with Gasteiger partial charge in [0.2, 0.25) is 0 Å². The zero-order valence-corrected chi connectivity index (χ0v) is 6.77. The van der Waals surface area contributed by atoms with Gasteiger partial charge in [-0.1, -0.05) is 13.3 Å². The molecule has 10 heavy (non-hydrogen) atoms. The zero-order valence-electron chi connectivity index (χ0n) is 6.77. The molecule has 0 unspecified atom stereocenters. The van der Waals surface area contributed by atoms with E-state index in [1.807, 2.05) is 0 Å². The molecule has 2 nitrogen and oxygen atoms in total. The summed E-state index contributed by atoms with van der Waals surface area (Å²) >= 11 is 0. The Morgan fingerprint density at radius 2 is 2.40 bits per heavy atom. The van der Waals surface area contributed by atoms with E-state index in [0.29, 0.717) is 0 Å². The monoisotopic (exact) mass is 142 g/mol. The third-order valence-electron chi connectivity index (χ3n) is 2.28. The van der Waals surface area contributed by atoms with E-state index in [-0.39, 0.29) is 0 Å². The number of nitrogens with two attached hydrogens (primary N) is 1. The van der Waals surface area contributed by atoms with Crippen LogP contribution in [0.3, 0.4) is 0 Å². The molecule has 1 aliphatic heterocycles. The zero-order chi connectivity index (χ0) is 7.40. The van der Waals surface area contributed by atoms with Gasteiger partial charge in [-0.15, -0.1) is 0 Å². The third-order valence-corrected chi connectivity index (χ3v) is 2.28. The van der Waals surface area contributed by atoms with Crippen molar-refractivity contribution in [3.63, 3.8) is 0 Å². The molecular weight excluding hydrogens is 124 g/mol. The van der Waals surface area contributed by atoms with Crippen molar-refractivity contribution in [3.05, 3.63) is 0 Å². The molecule has 1 heterocycles. The molecule has 0 aromatic carbocycles. The lowest BCUT2D eigenvalue weighted by Gasteiger charge is -2.06. The van der Waals surface area contributed by atoms with Crippen molar-refractivity contribution in [2.75, 3.05) is 13.1 Å². The molecule has 0 bridgehead atoms. The van der Waals surface area contributed by atoms with E-state index < -0.39 is 0 Å². The highest BCUT2D eigenvalue weighted by atomic mass is 15.0. The first-order chi connectivity index (χ1) is 4.86. The van der Waals surface area contributed by atoms with Crippen molar-refractivity contribution in [3.8, 4) is 0 Å². The molecule has 60 valence electrons. The van der Waals surface area contributed by atoms with Crippen molar-refractivity contribution in [1.82, 2.24) is 5.32 Å². The Bertz CT molecular complexity index is 93.3. The topological polar surface area (TPSA) is 38.0 Å². The third kappa shape index (κ3) is 1.96. The quantitative estimate of drug-likeness (QED) is 0.609. The minimum atomic E-state index is 0.747. The van der Waals surface area contributed by atoms with E-state index in [1.165, 1.54) is 19.3 Å². The fraction of sp³-hybridized carbons (Fsp3) is 1.00. The number of hydrogen-bond acceptors (Lipinski definition) is 2. The minimum Gasteiger partial charge on any atom is -0.330 e. The van der Waals surface area contributed by atoms with Gasteiger partial charge >= 0.3 is 0 Å². The summed E-state index contributed by atoms with van der Waals surface area (Å²) in [6.07, 6.45) is 3.90. The van der Waals surface area contributed by atoms with Crippen LogP contribution in [0, 0.1) is 5.92 Å². The fourth-order valence-electron chi connectivity index (χ4n) is 1.65. The molecule has 1 rings (SSSR count). The Morgan fingerprint density at radius 1 is 1.60 bits per heavy atom. The van der Waals surface area contributed by atoms with Crippen molar-refractivity contribution < 1.29 is 0 Å². The van der Waals surface area contributed by atoms with Crippen molar-refractivity contribution in [2.45, 2.75) is 32.2 Å². The summed E-state index contributed by atoms with van der Waals surface area (Å²) in [5, 5.41) is 3.48. The van der Waals surface area contributed by atoms with Gasteiger partial charge in [0, 0.05) is 6.04 Å². The van der Waals surface area contributed by atoms with Crippen LogP contribution in [0.5, 0.6) is 0 Å². The maximum atomic E-state index is 5.55. The molecule has 0 radical (unpaired) electrons. The molecule has 2 atom stereocenters. The van der Waals surface area contributed by atoms with Crippen molar-refractivity contribution in [2.24, 2.45) is 11.7 Å². The fourth-order valence-corrected chi connectivity index (χ4v) is 1.65. The lowest BCUT2D eigenvalue weighted by Crippen LogP contribution is -2.21. The smallest absolute Gasteiger partial charge is 0.00706 e. The molecule has 2 heteroatoms. The van der Waals surface area contributed by atoms with E-state index in [2.05, 4.69) is 12.2 Å². The van der Waals surface area contributed by atoms with E-state index in [0.717, 1.165) is 25.0 Å². The average Bonchev–Trinajstić information content (AvgIpc) is 2.37. The van der Waals surface area contributed by atoms with Gasteiger partial charge in [-0.2, -0.15) is 0 Å². The van der Waals surface area contributed by atoms with E-state index in [1.54, 1.807) is 0 Å². The molecule has 1 saturated heterocycles. The van der Waals surface area contributed by atoms with Crippen LogP contribution in [0.25, 0.3) is 0 Å². The van der Waals surface area contributed by atoms with Crippen LogP contribution >= 0.6 is 0 Å². The van der Waals surface area contributed by atoms with Crippen LogP contribution < -0.4 is 11.1 Å². The first-order valence-corrected chi connectivity index (χ1v) is 4.30. The van der Waals surface area contributed by atoms with Crippen LogP contribution in [-0.4, -0.2) is 19.1 Å². The van der Waals surface area contributed by atoms with Gasteiger partial charge < -0.3 is 11.1 Å². The first kappa shape index (κ1) is 8.02. The lowest BCUT2D eigenvalue weighted by atomic mass is 10.0. The number of rotatable bonds is 3. The number of nitrogens with one attached hydrogen (secondary N) is 1. The summed E-state index contributed by atoms with van der Waals surface area (Å²) in [7, 11) is 0. The molecule has 0 spiro atoms. The predicted octanol–water partition coefficient (Wildman–Crippen LogP) is 0.723. The molecule has 0 aromatic rings. The van der Waals surface area contributed by atoms with E-state index in [4.69, 9.17) is 5.73 Å². The largest absolute Gasteiger partial charge is 0.330 e. The maximum Gasteiger partial charge on any atom is 0.00706 e. The Balaban J connectivity index is 2.15. The molecule has 0 amide bonds. The maximum absolute atomic E-state index is 5.55. The van der Waals surface area contributed by atoms with Crippen molar-refractivity contribution in [1.29, 1.82) is 0 Å². The van der Waals surface area contributed by atoms with Crippen LogP contribution in [0.15, 0.2) is 0 Å². The summed E-state index contributed by atoms with van der Waals surface area (Å²) in [6.45, 7) is 4.23. The second kappa shape index (κ2) is 3.94. The summed E-state index contributed by atoms with van der Waals surface area (Å²) < 4.78 is 0. The van der Waals surface area contributed by atoms with Crippen LogP contribution in [-0.2, 0) is 0 Å². The van der Waals surface area contributed by atoms with Gasteiger partial charge in [0.1, 0.15) is 0 Å². The molecular formula is C8H18N2. The minimum absolute atomic E-state index is 0.747. The Morgan fingerprint density at radius 3 is 2.90 bits per heavy atom. The van der Waals surface area contributed by atoms with Crippen molar-refractivity contribution >= 4 is 0 Å². The second-order valence-electron chi connectivity index (χ2n) is 3.23. The van der Waals surface area contributed by atoms with Crippen LogP contribution in [0.2, 0.25) is 0 Å². The summed E-state index contributed by atoms with van der Waals surface area (Å²) in [6, 6.07) is 0.763. The normalized spacial score (nSPS) is 33.0. The Hall–Kier alpha value is -0.0800. The molecule has 0 aliphatic carbocycles. The Labute approximate surface area is 63.2 Å². The summed E-state index contributed by atoms with van der Waals surface area (Å²) in [5.41, 5.74) is 5.55. The molecule has 3 N–H and O–H groups in total. The SMILES string of the molecule is CCC[C@@H]1C[C@@H](CN)CN1. The molecule has 1 fully saturated rings. The standard InChI is InChI=1S/C8H18N2/c1-2-3-8-4-7(5-9)6-10-8/h7-8,10H,2-6,9H2,1H3/t7-,8+/m0/s1. The lowest BCUT2D eigenvalue weighted by molar-refractivity contribution is 0.526. The highest BCUT2D eigenvalue weighted by Gasteiger charge is 2.21. The van der Waals surface area contributed by atoms with E-state index >= 15 is 0 Å². The molecule has 0 aromatic heterocycles. The van der Waals surface area contributed by atoms with Gasteiger partial charge in [0.15, 0.2) is 0 Å². The Kier molecular flexibility index (Phi) is 3.16. The van der Waals surface area contributed by atoms with Gasteiger partial charge in [0.25, 0.3) is 0 Å². The predicted molar refractivity (Wildman–Crippen MR) is 43.9 cm³/mol. The van der Waals surface area contributed by atoms with Crippen LogP contribution in [0.4, 0.5) is 0 Å². The van der Waals surface area contributed by atoms with Gasteiger partial charge in [0.05, 0.1) is 0 Å². The summed E-state index contributed by atoms with van der Waals surface area (Å²) in [5.74, 6) is 0.747. The van der Waals surface area contributed by atoms with Gasteiger partial charge in [-0.25, -0.2) is 0 Å². The van der Waals surface area contributed by atoms with Crippen LogP contribution in [0.1, 0.15) is 26.2 Å². The highest BCUT2D eigenvalue weighted by molar-refractivity contribution is 4.81. The van der Waals surface area contributed by atoms with Gasteiger partial charge in [-0.3, -0.25) is 0 Å². The number of hydrogen-bond donors (Lipinski definition) is 2. The van der Waals surface area contributed by atoms with E-state index in [9.17, 15) is 0 Å². The molecule has 1 aliphatic rings.